The minimum atomic E-state index is -4.49. The SMILES string of the molecule is CC(Oc1ccc(CNC(=O)c2cc(-n3cnc(C(F)F)n3)c(N)nc2N)cc1)C(F)(F)F. The highest BCUT2D eigenvalue weighted by molar-refractivity contribution is 5.99. The number of aromatic nitrogens is 4. The topological polar surface area (TPSA) is 134 Å². The van der Waals surface area contributed by atoms with Crippen molar-refractivity contribution in [3.05, 3.63) is 53.6 Å². The molecule has 1 amide bonds. The van der Waals surface area contributed by atoms with E-state index in [1.54, 1.807) is 0 Å². The first-order valence-electron chi connectivity index (χ1n) is 9.32. The van der Waals surface area contributed by atoms with Crippen molar-refractivity contribution in [2.75, 3.05) is 11.5 Å². The van der Waals surface area contributed by atoms with Crippen LogP contribution < -0.4 is 21.5 Å². The van der Waals surface area contributed by atoms with Crippen LogP contribution in [0.4, 0.5) is 33.6 Å². The number of anilines is 2. The molecule has 1 atom stereocenters. The summed E-state index contributed by atoms with van der Waals surface area (Å²) < 4.78 is 69.0. The highest BCUT2D eigenvalue weighted by atomic mass is 19.4. The number of hydrogen-bond acceptors (Lipinski definition) is 7. The maximum atomic E-state index is 12.7. The van der Waals surface area contributed by atoms with Crippen LogP contribution in [0.5, 0.6) is 5.75 Å². The first-order valence-corrected chi connectivity index (χ1v) is 9.32. The molecule has 2 heterocycles. The highest BCUT2D eigenvalue weighted by Crippen LogP contribution is 2.25. The Balaban J connectivity index is 1.70. The summed E-state index contributed by atoms with van der Waals surface area (Å²) in [6.07, 6.45) is -8.37. The molecule has 0 aliphatic rings. The maximum Gasteiger partial charge on any atom is 0.425 e. The van der Waals surface area contributed by atoms with E-state index in [0.717, 1.165) is 17.9 Å². The van der Waals surface area contributed by atoms with Crippen LogP contribution in [0.15, 0.2) is 36.7 Å². The Labute approximate surface area is 183 Å². The Bertz CT molecular complexity index is 1130. The van der Waals surface area contributed by atoms with Gasteiger partial charge in [0.15, 0.2) is 11.9 Å². The molecule has 14 heteroatoms. The number of nitrogens with two attached hydrogens (primary N) is 2. The van der Waals surface area contributed by atoms with Crippen LogP contribution in [0, 0.1) is 0 Å². The van der Waals surface area contributed by atoms with E-state index in [4.69, 9.17) is 16.2 Å². The molecule has 176 valence electrons. The van der Waals surface area contributed by atoms with Gasteiger partial charge in [-0.05, 0) is 30.7 Å². The smallest absolute Gasteiger partial charge is 0.425 e. The predicted molar refractivity (Wildman–Crippen MR) is 107 cm³/mol. The van der Waals surface area contributed by atoms with Crippen LogP contribution in [0.2, 0.25) is 0 Å². The first-order chi connectivity index (χ1) is 15.5. The molecule has 3 aromatic rings. The number of pyridine rings is 1. The van der Waals surface area contributed by atoms with E-state index in [2.05, 4.69) is 20.4 Å². The van der Waals surface area contributed by atoms with Gasteiger partial charge in [0.25, 0.3) is 12.3 Å². The summed E-state index contributed by atoms with van der Waals surface area (Å²) in [5.74, 6) is -1.72. The lowest BCUT2D eigenvalue weighted by Gasteiger charge is -2.17. The fourth-order valence-corrected chi connectivity index (χ4v) is 2.62. The van der Waals surface area contributed by atoms with Crippen molar-refractivity contribution in [1.29, 1.82) is 0 Å². The number of hydrogen-bond donors (Lipinski definition) is 3. The molecule has 0 bridgehead atoms. The number of amides is 1. The molecular weight excluding hydrogens is 453 g/mol. The zero-order chi connectivity index (χ0) is 24.3. The second-order valence-electron chi connectivity index (χ2n) is 6.80. The van der Waals surface area contributed by atoms with Gasteiger partial charge in [-0.1, -0.05) is 12.1 Å². The zero-order valence-electron chi connectivity index (χ0n) is 17.0. The van der Waals surface area contributed by atoms with Gasteiger partial charge in [0.1, 0.15) is 23.6 Å². The van der Waals surface area contributed by atoms with Gasteiger partial charge in [0.05, 0.1) is 5.56 Å². The molecule has 0 saturated carbocycles. The van der Waals surface area contributed by atoms with Gasteiger partial charge in [0.2, 0.25) is 5.82 Å². The average Bonchev–Trinajstić information content (AvgIpc) is 3.23. The van der Waals surface area contributed by atoms with Gasteiger partial charge in [-0.2, -0.15) is 13.2 Å². The first kappa shape index (κ1) is 23.7. The zero-order valence-corrected chi connectivity index (χ0v) is 17.0. The number of nitrogens with zero attached hydrogens (tertiary/aromatic N) is 4. The molecule has 5 N–H and O–H groups in total. The minimum Gasteiger partial charge on any atom is -0.481 e. The van der Waals surface area contributed by atoms with Gasteiger partial charge in [-0.3, -0.25) is 4.79 Å². The number of nitrogen functional groups attached to an aromatic ring is 2. The number of benzene rings is 1. The fourth-order valence-electron chi connectivity index (χ4n) is 2.62. The van der Waals surface area contributed by atoms with Crippen LogP contribution >= 0.6 is 0 Å². The number of alkyl halides is 5. The van der Waals surface area contributed by atoms with Crippen LogP contribution in [0.3, 0.4) is 0 Å². The summed E-state index contributed by atoms with van der Waals surface area (Å²) in [5, 5.41) is 6.17. The normalized spacial score (nSPS) is 12.6. The Morgan fingerprint density at radius 1 is 1.18 bits per heavy atom. The Morgan fingerprint density at radius 2 is 1.85 bits per heavy atom. The van der Waals surface area contributed by atoms with E-state index >= 15 is 0 Å². The third-order valence-electron chi connectivity index (χ3n) is 4.41. The predicted octanol–water partition coefficient (Wildman–Crippen LogP) is 3.02. The molecule has 3 rings (SSSR count). The molecule has 0 radical (unpaired) electrons. The summed E-state index contributed by atoms with van der Waals surface area (Å²) in [6, 6.07) is 6.87. The lowest BCUT2D eigenvalue weighted by molar-refractivity contribution is -0.189. The average molecular weight is 471 g/mol. The van der Waals surface area contributed by atoms with Gasteiger partial charge >= 0.3 is 6.18 Å². The van der Waals surface area contributed by atoms with Crippen LogP contribution in [0.25, 0.3) is 5.69 Å². The largest absolute Gasteiger partial charge is 0.481 e. The van der Waals surface area contributed by atoms with Crippen LogP contribution in [-0.4, -0.2) is 37.9 Å². The summed E-state index contributed by atoms with van der Waals surface area (Å²) >= 11 is 0. The van der Waals surface area contributed by atoms with E-state index in [1.807, 2.05) is 0 Å². The number of rotatable bonds is 7. The third kappa shape index (κ3) is 5.64. The van der Waals surface area contributed by atoms with Crippen molar-refractivity contribution < 1.29 is 31.5 Å². The van der Waals surface area contributed by atoms with Crippen LogP contribution in [-0.2, 0) is 6.54 Å². The minimum absolute atomic E-state index is 0.00590. The molecule has 1 unspecified atom stereocenters. The quantitative estimate of drug-likeness (QED) is 0.451. The molecule has 0 spiro atoms. The van der Waals surface area contributed by atoms with E-state index in [0.29, 0.717) is 5.56 Å². The molecular formula is C19H18F5N7O2. The Hall–Kier alpha value is -3.97. The Morgan fingerprint density at radius 3 is 2.42 bits per heavy atom. The number of carbonyl (C=O) groups excluding carboxylic acids is 1. The summed E-state index contributed by atoms with van der Waals surface area (Å²) in [7, 11) is 0. The number of ether oxygens (including phenoxy) is 1. The fraction of sp³-hybridized carbons (Fsp3) is 0.263. The molecule has 0 saturated heterocycles. The molecule has 0 aliphatic carbocycles. The molecule has 9 nitrogen and oxygen atoms in total. The van der Waals surface area contributed by atoms with E-state index < -0.39 is 30.4 Å². The molecule has 0 fully saturated rings. The molecule has 2 aromatic heterocycles. The molecule has 1 aromatic carbocycles. The Kier molecular flexibility index (Phi) is 6.65. The van der Waals surface area contributed by atoms with Gasteiger partial charge in [-0.15, -0.1) is 5.10 Å². The van der Waals surface area contributed by atoms with E-state index in [-0.39, 0.29) is 35.2 Å². The summed E-state index contributed by atoms with van der Waals surface area (Å²) in [4.78, 5) is 19.9. The summed E-state index contributed by atoms with van der Waals surface area (Å²) in [6.45, 7) is 0.896. The van der Waals surface area contributed by atoms with Gasteiger partial charge in [0, 0.05) is 6.54 Å². The van der Waals surface area contributed by atoms with Crippen molar-refractivity contribution in [3.8, 4) is 11.4 Å². The molecule has 33 heavy (non-hydrogen) atoms. The maximum absolute atomic E-state index is 12.7. The molecule has 0 aliphatic heterocycles. The van der Waals surface area contributed by atoms with Crippen molar-refractivity contribution in [1.82, 2.24) is 25.1 Å². The number of nitrogens with one attached hydrogen (secondary N) is 1. The number of carbonyl (C=O) groups is 1. The standard InChI is InChI=1S/C19H18F5N7O2/c1-9(19(22,23)24)33-11-4-2-10(3-5-11)7-27-18(32)12-6-13(16(26)29-15(12)25)31-8-28-17(30-31)14(20)21/h2-6,8-9,14H,7H2,1H3,(H,27,32)(H4,25,26,29). The number of halogens is 5. The van der Waals surface area contributed by atoms with Crippen molar-refractivity contribution in [2.45, 2.75) is 32.2 Å². The third-order valence-corrected chi connectivity index (χ3v) is 4.41. The van der Waals surface area contributed by atoms with Crippen molar-refractivity contribution in [3.63, 3.8) is 0 Å². The lowest BCUT2D eigenvalue weighted by Crippen LogP contribution is -2.31. The van der Waals surface area contributed by atoms with Gasteiger partial charge < -0.3 is 21.5 Å². The van der Waals surface area contributed by atoms with E-state index in [1.165, 1.54) is 30.3 Å². The van der Waals surface area contributed by atoms with Crippen LogP contribution in [0.1, 0.15) is 35.1 Å². The lowest BCUT2D eigenvalue weighted by atomic mass is 10.2. The summed E-state index contributed by atoms with van der Waals surface area (Å²) in [5.41, 5.74) is 12.0. The van der Waals surface area contributed by atoms with Crippen molar-refractivity contribution >= 4 is 17.5 Å². The monoisotopic (exact) mass is 471 g/mol. The second-order valence-corrected chi connectivity index (χ2v) is 6.80. The highest BCUT2D eigenvalue weighted by Gasteiger charge is 2.38. The van der Waals surface area contributed by atoms with E-state index in [9.17, 15) is 26.7 Å². The second kappa shape index (κ2) is 9.26. The van der Waals surface area contributed by atoms with Crippen molar-refractivity contribution in [2.24, 2.45) is 0 Å². The van der Waals surface area contributed by atoms with Gasteiger partial charge in [-0.25, -0.2) is 23.4 Å².